The lowest BCUT2D eigenvalue weighted by Gasteiger charge is -2.25. The molecule has 1 aliphatic carbocycles. The van der Waals surface area contributed by atoms with Crippen LogP contribution < -0.4 is 10.1 Å². The predicted molar refractivity (Wildman–Crippen MR) is 102 cm³/mol. The first-order chi connectivity index (χ1) is 12.2. The maximum atomic E-state index is 12.7. The van der Waals surface area contributed by atoms with E-state index >= 15 is 0 Å². The normalized spacial score (nSPS) is 16.5. The molecule has 5 heteroatoms. The van der Waals surface area contributed by atoms with Gasteiger partial charge in [0.15, 0.2) is 0 Å². The summed E-state index contributed by atoms with van der Waals surface area (Å²) in [5.41, 5.74) is 4.08. The van der Waals surface area contributed by atoms with Crippen molar-refractivity contribution in [3.63, 3.8) is 0 Å². The van der Waals surface area contributed by atoms with Gasteiger partial charge in [-0.1, -0.05) is 13.0 Å². The number of nitrogens with zero attached hydrogens (tertiary/aromatic N) is 1. The number of methoxy groups -OCH3 is 1. The van der Waals surface area contributed by atoms with Gasteiger partial charge in [-0.25, -0.2) is 0 Å². The van der Waals surface area contributed by atoms with E-state index in [9.17, 15) is 4.79 Å². The van der Waals surface area contributed by atoms with Gasteiger partial charge in [0.05, 0.1) is 23.2 Å². The summed E-state index contributed by atoms with van der Waals surface area (Å²) in [4.78, 5) is 18.3. The molecule has 1 N–H and O–H groups in total. The number of aromatic nitrogens is 1. The SMILES string of the molecule is COc1ccc2nc3c(c(NC(=O)c4cccs4)c2c1)CCC[C@@H]3C. The minimum absolute atomic E-state index is 0.0641. The van der Waals surface area contributed by atoms with Crippen molar-refractivity contribution >= 4 is 33.8 Å². The number of hydrogen-bond donors (Lipinski definition) is 1. The fourth-order valence-electron chi connectivity index (χ4n) is 3.54. The van der Waals surface area contributed by atoms with Crippen molar-refractivity contribution in [3.05, 3.63) is 51.8 Å². The second-order valence-corrected chi connectivity index (χ2v) is 7.41. The summed E-state index contributed by atoms with van der Waals surface area (Å²) in [7, 11) is 1.65. The Morgan fingerprint density at radius 3 is 3.00 bits per heavy atom. The second-order valence-electron chi connectivity index (χ2n) is 6.46. The third-order valence-electron chi connectivity index (χ3n) is 4.84. The fourth-order valence-corrected chi connectivity index (χ4v) is 4.15. The molecule has 2 heterocycles. The van der Waals surface area contributed by atoms with Gasteiger partial charge in [0, 0.05) is 11.1 Å². The summed E-state index contributed by atoms with van der Waals surface area (Å²) in [5.74, 6) is 1.11. The molecule has 0 fully saturated rings. The number of rotatable bonds is 3. The maximum Gasteiger partial charge on any atom is 0.265 e. The number of fused-ring (bicyclic) bond motifs is 2. The number of nitrogens with one attached hydrogen (secondary N) is 1. The van der Waals surface area contributed by atoms with Gasteiger partial charge in [-0.15, -0.1) is 11.3 Å². The summed E-state index contributed by atoms with van der Waals surface area (Å²) in [6.45, 7) is 2.21. The van der Waals surface area contributed by atoms with E-state index in [1.165, 1.54) is 16.9 Å². The quantitative estimate of drug-likeness (QED) is 0.722. The van der Waals surface area contributed by atoms with E-state index in [1.54, 1.807) is 7.11 Å². The Kier molecular flexibility index (Phi) is 4.17. The lowest BCUT2D eigenvalue weighted by atomic mass is 9.86. The first kappa shape index (κ1) is 16.1. The lowest BCUT2D eigenvalue weighted by Crippen LogP contribution is -2.17. The summed E-state index contributed by atoms with van der Waals surface area (Å²) < 4.78 is 5.38. The average molecular weight is 352 g/mol. The third-order valence-corrected chi connectivity index (χ3v) is 5.71. The molecule has 0 radical (unpaired) electrons. The Labute approximate surface area is 150 Å². The van der Waals surface area contributed by atoms with Crippen LogP contribution in [0.4, 0.5) is 5.69 Å². The second kappa shape index (κ2) is 6.48. The van der Waals surface area contributed by atoms with Crippen LogP contribution in [0.2, 0.25) is 0 Å². The minimum atomic E-state index is -0.0641. The Balaban J connectivity index is 1.90. The Morgan fingerprint density at radius 1 is 1.36 bits per heavy atom. The Hall–Kier alpha value is -2.40. The van der Waals surface area contributed by atoms with Crippen LogP contribution in [0.25, 0.3) is 10.9 Å². The van der Waals surface area contributed by atoms with E-state index < -0.39 is 0 Å². The van der Waals surface area contributed by atoms with Crippen LogP contribution >= 0.6 is 11.3 Å². The lowest BCUT2D eigenvalue weighted by molar-refractivity contribution is 0.103. The highest BCUT2D eigenvalue weighted by Crippen LogP contribution is 2.39. The highest BCUT2D eigenvalue weighted by atomic mass is 32.1. The number of anilines is 1. The average Bonchev–Trinajstić information content (AvgIpc) is 3.17. The van der Waals surface area contributed by atoms with Crippen LogP contribution in [-0.2, 0) is 6.42 Å². The zero-order valence-electron chi connectivity index (χ0n) is 14.3. The Bertz CT molecular complexity index is 935. The van der Waals surface area contributed by atoms with E-state index in [4.69, 9.17) is 9.72 Å². The number of hydrogen-bond acceptors (Lipinski definition) is 4. The smallest absolute Gasteiger partial charge is 0.265 e. The number of carbonyl (C=O) groups excluding carboxylic acids is 1. The highest BCUT2D eigenvalue weighted by molar-refractivity contribution is 7.12. The summed E-state index contributed by atoms with van der Waals surface area (Å²) in [6, 6.07) is 9.59. The van der Waals surface area contributed by atoms with Gasteiger partial charge in [-0.3, -0.25) is 9.78 Å². The van der Waals surface area contributed by atoms with Gasteiger partial charge in [-0.2, -0.15) is 0 Å². The molecule has 2 aromatic heterocycles. The molecular weight excluding hydrogens is 332 g/mol. The molecule has 0 saturated carbocycles. The summed E-state index contributed by atoms with van der Waals surface area (Å²) in [6.07, 6.45) is 3.20. The van der Waals surface area contributed by atoms with Gasteiger partial charge in [0.25, 0.3) is 5.91 Å². The van der Waals surface area contributed by atoms with Gasteiger partial charge in [0.2, 0.25) is 0 Å². The van der Waals surface area contributed by atoms with Crippen molar-refractivity contribution in [2.75, 3.05) is 12.4 Å². The number of pyridine rings is 1. The number of benzene rings is 1. The molecule has 1 amide bonds. The Morgan fingerprint density at radius 2 is 2.24 bits per heavy atom. The molecular formula is C20H20N2O2S. The van der Waals surface area contributed by atoms with Crippen molar-refractivity contribution in [1.82, 2.24) is 4.98 Å². The topological polar surface area (TPSA) is 51.2 Å². The monoisotopic (exact) mass is 352 g/mol. The fraction of sp³-hybridized carbons (Fsp3) is 0.300. The van der Waals surface area contributed by atoms with Gasteiger partial charge in [0.1, 0.15) is 5.75 Å². The number of amides is 1. The van der Waals surface area contributed by atoms with E-state index in [0.29, 0.717) is 10.8 Å². The molecule has 0 spiro atoms. The van der Waals surface area contributed by atoms with Crippen molar-refractivity contribution in [1.29, 1.82) is 0 Å². The molecule has 128 valence electrons. The van der Waals surface area contributed by atoms with Crippen LogP contribution in [0, 0.1) is 0 Å². The molecule has 1 atom stereocenters. The third kappa shape index (κ3) is 2.89. The van der Waals surface area contributed by atoms with E-state index in [-0.39, 0.29) is 5.91 Å². The molecule has 3 aromatic rings. The van der Waals surface area contributed by atoms with Crippen molar-refractivity contribution in [3.8, 4) is 5.75 Å². The molecule has 1 aromatic carbocycles. The van der Waals surface area contributed by atoms with Gasteiger partial charge >= 0.3 is 0 Å². The van der Waals surface area contributed by atoms with Gasteiger partial charge in [-0.05, 0) is 60.4 Å². The minimum Gasteiger partial charge on any atom is -0.497 e. The predicted octanol–water partition coefficient (Wildman–Crippen LogP) is 5.00. The van der Waals surface area contributed by atoms with Crippen molar-refractivity contribution < 1.29 is 9.53 Å². The molecule has 4 rings (SSSR count). The zero-order chi connectivity index (χ0) is 17.4. The maximum absolute atomic E-state index is 12.7. The van der Waals surface area contributed by atoms with Crippen molar-refractivity contribution in [2.45, 2.75) is 32.1 Å². The van der Waals surface area contributed by atoms with Crippen LogP contribution in [0.15, 0.2) is 35.7 Å². The van der Waals surface area contributed by atoms with Crippen LogP contribution in [0.5, 0.6) is 5.75 Å². The van der Waals surface area contributed by atoms with Crippen LogP contribution in [-0.4, -0.2) is 18.0 Å². The van der Waals surface area contributed by atoms with E-state index in [1.807, 2.05) is 35.7 Å². The molecule has 4 nitrogen and oxygen atoms in total. The summed E-state index contributed by atoms with van der Waals surface area (Å²) in [5, 5.41) is 6.02. The van der Waals surface area contributed by atoms with Crippen LogP contribution in [0.3, 0.4) is 0 Å². The highest BCUT2D eigenvalue weighted by Gasteiger charge is 2.24. The van der Waals surface area contributed by atoms with Gasteiger partial charge < -0.3 is 10.1 Å². The van der Waals surface area contributed by atoms with E-state index in [2.05, 4.69) is 12.2 Å². The standard InChI is InChI=1S/C20H20N2O2S/c1-12-5-3-6-14-18(12)21-16-9-8-13(24-2)11-15(16)19(14)22-20(23)17-7-4-10-25-17/h4,7-12H,3,5-6H2,1-2H3,(H,21,22,23)/t12-/m0/s1. The zero-order valence-corrected chi connectivity index (χ0v) is 15.2. The van der Waals surface area contributed by atoms with Crippen LogP contribution in [0.1, 0.15) is 46.6 Å². The molecule has 1 aliphatic rings. The molecule has 25 heavy (non-hydrogen) atoms. The first-order valence-electron chi connectivity index (χ1n) is 8.52. The number of carbonyl (C=O) groups is 1. The molecule has 0 unspecified atom stereocenters. The first-order valence-corrected chi connectivity index (χ1v) is 9.40. The van der Waals surface area contributed by atoms with Crippen molar-refractivity contribution in [2.24, 2.45) is 0 Å². The largest absolute Gasteiger partial charge is 0.497 e. The molecule has 0 aliphatic heterocycles. The summed E-state index contributed by atoms with van der Waals surface area (Å²) >= 11 is 1.45. The van der Waals surface area contributed by atoms with E-state index in [0.717, 1.165) is 47.3 Å². The molecule has 0 bridgehead atoms. The number of thiophene rings is 1. The number of ether oxygens (including phenoxy) is 1. The molecule has 0 saturated heterocycles.